The van der Waals surface area contributed by atoms with Gasteiger partial charge in [-0.3, -0.25) is 0 Å². The minimum Gasteiger partial charge on any atom is -0.396 e. The van der Waals surface area contributed by atoms with Crippen molar-refractivity contribution >= 4 is 0 Å². The van der Waals surface area contributed by atoms with Crippen LogP contribution in [0.5, 0.6) is 0 Å². The van der Waals surface area contributed by atoms with Crippen molar-refractivity contribution in [1.82, 2.24) is 0 Å². The second kappa shape index (κ2) is 34.5. The molecular weight excluding hydrogens is 388 g/mol. The van der Waals surface area contributed by atoms with Gasteiger partial charge in [-0.15, -0.1) is 0 Å². The quantitative estimate of drug-likeness (QED) is 0.115. The Morgan fingerprint density at radius 3 is 0.355 bits per heavy atom. The molecular formula is C27H58O4. The first kappa shape index (κ1) is 33.0. The Morgan fingerprint density at radius 1 is 0.161 bits per heavy atom. The van der Waals surface area contributed by atoms with Gasteiger partial charge in [0.25, 0.3) is 0 Å². The third-order valence-electron chi connectivity index (χ3n) is 5.88. The smallest absolute Gasteiger partial charge is 0.0431 e. The molecule has 0 radical (unpaired) electrons. The maximum atomic E-state index is 8.61. The van der Waals surface area contributed by atoms with E-state index in [1.807, 2.05) is 0 Å². The molecule has 31 heavy (non-hydrogen) atoms. The molecule has 0 fully saturated rings. The van der Waals surface area contributed by atoms with E-state index in [1.54, 1.807) is 0 Å². The summed E-state index contributed by atoms with van der Waals surface area (Å²) in [5.74, 6) is 0. The summed E-state index contributed by atoms with van der Waals surface area (Å²) >= 11 is 0. The average molecular weight is 447 g/mol. The van der Waals surface area contributed by atoms with Crippen molar-refractivity contribution in [3.05, 3.63) is 0 Å². The van der Waals surface area contributed by atoms with Crippen LogP contribution >= 0.6 is 0 Å². The monoisotopic (exact) mass is 446 g/mol. The number of hydrogen-bond acceptors (Lipinski definition) is 4. The summed E-state index contributed by atoms with van der Waals surface area (Å²) in [5, 5.41) is 34.4. The second-order valence-electron chi connectivity index (χ2n) is 9.03. The van der Waals surface area contributed by atoms with Crippen molar-refractivity contribution in [2.24, 2.45) is 0 Å². The maximum Gasteiger partial charge on any atom is 0.0431 e. The number of hydrogen-bond donors (Lipinski definition) is 4. The lowest BCUT2D eigenvalue weighted by molar-refractivity contribution is 0.281. The lowest BCUT2D eigenvalue weighted by Crippen LogP contribution is -1.85. The van der Waals surface area contributed by atoms with Gasteiger partial charge in [-0.2, -0.15) is 0 Å². The molecule has 0 unspecified atom stereocenters. The molecule has 4 nitrogen and oxygen atoms in total. The molecule has 0 aromatic heterocycles. The van der Waals surface area contributed by atoms with E-state index in [1.165, 1.54) is 122 Å². The Morgan fingerprint density at radius 2 is 0.258 bits per heavy atom. The molecule has 0 aliphatic rings. The van der Waals surface area contributed by atoms with Crippen LogP contribution in [0.1, 0.15) is 148 Å². The minimum atomic E-state index is 0.352. The molecule has 0 heterocycles. The van der Waals surface area contributed by atoms with Gasteiger partial charge < -0.3 is 20.4 Å². The van der Waals surface area contributed by atoms with Crippen LogP contribution in [0.25, 0.3) is 0 Å². The second-order valence-corrected chi connectivity index (χ2v) is 9.03. The van der Waals surface area contributed by atoms with Gasteiger partial charge in [0, 0.05) is 26.4 Å². The third-order valence-corrected chi connectivity index (χ3v) is 5.88. The Bertz CT molecular complexity index is 248. The molecule has 4 N–H and O–H groups in total. The van der Waals surface area contributed by atoms with E-state index in [0.717, 1.165) is 25.7 Å². The molecule has 0 bridgehead atoms. The zero-order chi connectivity index (χ0) is 23.1. The summed E-state index contributed by atoms with van der Waals surface area (Å²) in [5.41, 5.74) is 0. The summed E-state index contributed by atoms with van der Waals surface area (Å²) < 4.78 is 0. The lowest BCUT2D eigenvalue weighted by Gasteiger charge is -2.02. The Balaban J connectivity index is 0. The van der Waals surface area contributed by atoms with Crippen LogP contribution in [-0.2, 0) is 0 Å². The molecule has 0 aromatic carbocycles. The predicted octanol–water partition coefficient (Wildman–Crippen LogP) is 6.91. The van der Waals surface area contributed by atoms with E-state index in [0.29, 0.717) is 26.4 Å². The Labute approximate surface area is 194 Å². The predicted molar refractivity (Wildman–Crippen MR) is 135 cm³/mol. The van der Waals surface area contributed by atoms with E-state index in [9.17, 15) is 0 Å². The van der Waals surface area contributed by atoms with Gasteiger partial charge in [-0.25, -0.2) is 0 Å². The summed E-state index contributed by atoms with van der Waals surface area (Å²) in [4.78, 5) is 0. The van der Waals surface area contributed by atoms with Crippen molar-refractivity contribution in [1.29, 1.82) is 0 Å². The summed E-state index contributed by atoms with van der Waals surface area (Å²) in [6.45, 7) is 1.41. The van der Waals surface area contributed by atoms with Crippen LogP contribution in [0.2, 0.25) is 0 Å². The van der Waals surface area contributed by atoms with E-state index >= 15 is 0 Å². The molecule has 0 aliphatic heterocycles. The van der Waals surface area contributed by atoms with Crippen LogP contribution in [0.15, 0.2) is 0 Å². The van der Waals surface area contributed by atoms with E-state index in [-0.39, 0.29) is 0 Å². The maximum absolute atomic E-state index is 8.61. The minimum absolute atomic E-state index is 0.352. The van der Waals surface area contributed by atoms with Crippen LogP contribution in [-0.4, -0.2) is 46.9 Å². The molecule has 0 rings (SSSR count). The van der Waals surface area contributed by atoms with Gasteiger partial charge in [-0.1, -0.05) is 122 Å². The zero-order valence-electron chi connectivity index (χ0n) is 20.9. The molecule has 0 aliphatic carbocycles. The number of aliphatic hydroxyl groups excluding tert-OH is 4. The number of aliphatic hydroxyl groups is 4. The fourth-order valence-electron chi connectivity index (χ4n) is 3.81. The van der Waals surface area contributed by atoms with E-state index in [2.05, 4.69) is 0 Å². The first-order valence-corrected chi connectivity index (χ1v) is 13.8. The van der Waals surface area contributed by atoms with Crippen LogP contribution < -0.4 is 0 Å². The highest BCUT2D eigenvalue weighted by Gasteiger charge is 1.94. The molecule has 0 atom stereocenters. The Hall–Kier alpha value is -0.160. The summed E-state index contributed by atoms with van der Waals surface area (Å²) in [7, 11) is 0. The first-order valence-electron chi connectivity index (χ1n) is 13.8. The summed E-state index contributed by atoms with van der Waals surface area (Å²) in [6.07, 6.45) is 28.7. The van der Waals surface area contributed by atoms with Crippen molar-refractivity contribution in [3.8, 4) is 0 Å². The molecule has 0 amide bonds. The molecule has 0 saturated heterocycles. The van der Waals surface area contributed by atoms with Gasteiger partial charge in [0.1, 0.15) is 0 Å². The topological polar surface area (TPSA) is 80.9 Å². The van der Waals surface area contributed by atoms with Crippen LogP contribution in [0, 0.1) is 0 Å². The van der Waals surface area contributed by atoms with E-state index < -0.39 is 0 Å². The Kier molecular flexibility index (Phi) is 36.7. The SMILES string of the molecule is OCCCCCCCCCCCCCCO.OCCCCCCCCCCCCCO. The normalized spacial score (nSPS) is 10.8. The highest BCUT2D eigenvalue weighted by Crippen LogP contribution is 2.12. The zero-order valence-corrected chi connectivity index (χ0v) is 20.9. The van der Waals surface area contributed by atoms with Crippen LogP contribution in [0.4, 0.5) is 0 Å². The fraction of sp³-hybridized carbons (Fsp3) is 1.00. The molecule has 190 valence electrons. The van der Waals surface area contributed by atoms with Gasteiger partial charge in [0.2, 0.25) is 0 Å². The number of unbranched alkanes of at least 4 members (excludes halogenated alkanes) is 21. The third kappa shape index (κ3) is 37.5. The van der Waals surface area contributed by atoms with Crippen molar-refractivity contribution in [3.63, 3.8) is 0 Å². The molecule has 0 spiro atoms. The molecule has 4 heteroatoms. The lowest BCUT2D eigenvalue weighted by atomic mass is 10.1. The summed E-state index contributed by atoms with van der Waals surface area (Å²) in [6, 6.07) is 0. The first-order chi connectivity index (χ1) is 15.3. The van der Waals surface area contributed by atoms with Crippen molar-refractivity contribution in [2.75, 3.05) is 26.4 Å². The highest BCUT2D eigenvalue weighted by atomic mass is 16.3. The largest absolute Gasteiger partial charge is 0.396 e. The number of rotatable bonds is 25. The van der Waals surface area contributed by atoms with Crippen LogP contribution in [0.3, 0.4) is 0 Å². The fourth-order valence-corrected chi connectivity index (χ4v) is 3.81. The molecule has 0 saturated carbocycles. The van der Waals surface area contributed by atoms with Crippen molar-refractivity contribution < 1.29 is 20.4 Å². The van der Waals surface area contributed by atoms with Gasteiger partial charge >= 0.3 is 0 Å². The van der Waals surface area contributed by atoms with Gasteiger partial charge in [-0.05, 0) is 25.7 Å². The highest BCUT2D eigenvalue weighted by molar-refractivity contribution is 4.49. The van der Waals surface area contributed by atoms with E-state index in [4.69, 9.17) is 20.4 Å². The van der Waals surface area contributed by atoms with Gasteiger partial charge in [0.05, 0.1) is 0 Å². The standard InChI is InChI=1S/C14H30O2.C13H28O2/c15-13-11-9-7-5-3-1-2-4-6-8-10-12-14-16;14-12-10-8-6-4-2-1-3-5-7-9-11-13-15/h15-16H,1-14H2;14-15H,1-13H2. The average Bonchev–Trinajstić information content (AvgIpc) is 2.79. The molecule has 0 aromatic rings. The van der Waals surface area contributed by atoms with Crippen molar-refractivity contribution in [2.45, 2.75) is 148 Å². The van der Waals surface area contributed by atoms with Gasteiger partial charge in [0.15, 0.2) is 0 Å².